The van der Waals surface area contributed by atoms with Gasteiger partial charge in [0.2, 0.25) is 5.76 Å². The van der Waals surface area contributed by atoms with Crippen molar-refractivity contribution in [2.45, 2.75) is 26.7 Å². The number of carbonyl (C=O) groups is 1. The lowest BCUT2D eigenvalue weighted by molar-refractivity contribution is -0.135. The zero-order valence-electron chi connectivity index (χ0n) is 7.24. The van der Waals surface area contributed by atoms with E-state index in [1.54, 1.807) is 0 Å². The maximum atomic E-state index is 10.1. The van der Waals surface area contributed by atoms with Crippen LogP contribution in [0.25, 0.3) is 0 Å². The number of hydrogen-bond donors (Lipinski definition) is 3. The van der Waals surface area contributed by atoms with Crippen LogP contribution >= 0.6 is 0 Å². The monoisotopic (exact) mass is 174 g/mol. The van der Waals surface area contributed by atoms with Crippen molar-refractivity contribution in [1.29, 1.82) is 0 Å². The van der Waals surface area contributed by atoms with E-state index in [2.05, 4.69) is 0 Å². The summed E-state index contributed by atoms with van der Waals surface area (Å²) >= 11 is 0. The molecule has 0 aromatic rings. The molecule has 0 aliphatic carbocycles. The molecule has 0 aromatic heterocycles. The van der Waals surface area contributed by atoms with Crippen molar-refractivity contribution in [3.05, 3.63) is 11.5 Å². The Balaban J connectivity index is 4.09. The molecule has 0 spiro atoms. The number of aliphatic carboxylic acids is 1. The second kappa shape index (κ2) is 4.64. The highest BCUT2D eigenvalue weighted by Gasteiger charge is 2.11. The first-order chi connectivity index (χ1) is 5.45. The fraction of sp³-hybridized carbons (Fsp3) is 0.625. The van der Waals surface area contributed by atoms with E-state index in [1.807, 2.05) is 13.8 Å². The fourth-order valence-corrected chi connectivity index (χ4v) is 0.667. The number of carboxylic acid groups (broad SMARTS) is 1. The van der Waals surface area contributed by atoms with Gasteiger partial charge in [-0.3, -0.25) is 0 Å². The van der Waals surface area contributed by atoms with Gasteiger partial charge in [-0.25, -0.2) is 4.79 Å². The van der Waals surface area contributed by atoms with Crippen molar-refractivity contribution >= 4 is 5.97 Å². The van der Waals surface area contributed by atoms with E-state index in [0.717, 1.165) is 0 Å². The van der Waals surface area contributed by atoms with Gasteiger partial charge in [0.15, 0.2) is 0 Å². The molecule has 4 heteroatoms. The van der Waals surface area contributed by atoms with Crippen molar-refractivity contribution < 1.29 is 20.1 Å². The third-order valence-corrected chi connectivity index (χ3v) is 1.43. The van der Waals surface area contributed by atoms with E-state index in [9.17, 15) is 4.79 Å². The first-order valence-electron chi connectivity index (χ1n) is 3.79. The number of allylic oxidation sites excluding steroid dienone is 1. The van der Waals surface area contributed by atoms with E-state index in [4.69, 9.17) is 15.3 Å². The molecule has 4 nitrogen and oxygen atoms in total. The Morgan fingerprint density at radius 2 is 1.75 bits per heavy atom. The molecule has 3 N–H and O–H groups in total. The van der Waals surface area contributed by atoms with Crippen LogP contribution in [0.3, 0.4) is 0 Å². The first kappa shape index (κ1) is 10.8. The first-order valence-corrected chi connectivity index (χ1v) is 3.79. The Bertz CT molecular complexity index is 193. The number of aliphatic hydroxyl groups excluding tert-OH is 2. The molecule has 12 heavy (non-hydrogen) atoms. The third-order valence-electron chi connectivity index (χ3n) is 1.43. The van der Waals surface area contributed by atoms with Crippen LogP contribution in [0.1, 0.15) is 26.7 Å². The summed E-state index contributed by atoms with van der Waals surface area (Å²) in [6.07, 6.45) is 0.860. The van der Waals surface area contributed by atoms with Crippen LogP contribution in [0, 0.1) is 5.92 Å². The van der Waals surface area contributed by atoms with E-state index >= 15 is 0 Å². The summed E-state index contributed by atoms with van der Waals surface area (Å²) in [5, 5.41) is 26.0. The zero-order valence-corrected chi connectivity index (χ0v) is 7.24. The summed E-state index contributed by atoms with van der Waals surface area (Å²) in [7, 11) is 0. The highest BCUT2D eigenvalue weighted by Crippen LogP contribution is 2.11. The van der Waals surface area contributed by atoms with Crippen LogP contribution in [-0.4, -0.2) is 21.3 Å². The van der Waals surface area contributed by atoms with Crippen LogP contribution in [-0.2, 0) is 4.79 Å². The lowest BCUT2D eigenvalue weighted by atomic mass is 10.1. The van der Waals surface area contributed by atoms with Gasteiger partial charge in [0.05, 0.1) is 0 Å². The second-order valence-corrected chi connectivity index (χ2v) is 3.03. The highest BCUT2D eigenvalue weighted by molar-refractivity contribution is 5.84. The normalized spacial score (nSPS) is 12.9. The minimum absolute atomic E-state index is 0.204. The molecule has 0 fully saturated rings. The standard InChI is InChI=1S/C8H14O4/c1-5(2)3-4-6(9)7(10)8(11)12/h5,9-10H,3-4H2,1-2H3,(H,11,12)/b7-6-. The molecule has 70 valence electrons. The third kappa shape index (κ3) is 3.85. The molecular formula is C8H14O4. The molecule has 0 amide bonds. The van der Waals surface area contributed by atoms with E-state index < -0.39 is 17.5 Å². The van der Waals surface area contributed by atoms with E-state index in [1.165, 1.54) is 0 Å². The van der Waals surface area contributed by atoms with Crippen molar-refractivity contribution in [3.63, 3.8) is 0 Å². The molecule has 0 radical (unpaired) electrons. The molecule has 0 unspecified atom stereocenters. The average Bonchev–Trinajstić information content (AvgIpc) is 1.98. The molecule has 0 atom stereocenters. The maximum Gasteiger partial charge on any atom is 0.374 e. The quantitative estimate of drug-likeness (QED) is 0.449. The number of hydrogen-bond acceptors (Lipinski definition) is 3. The van der Waals surface area contributed by atoms with Gasteiger partial charge in [-0.15, -0.1) is 0 Å². The Morgan fingerprint density at radius 1 is 1.25 bits per heavy atom. The number of aliphatic hydroxyl groups is 2. The van der Waals surface area contributed by atoms with Gasteiger partial charge in [-0.2, -0.15) is 0 Å². The van der Waals surface area contributed by atoms with Crippen LogP contribution in [0.5, 0.6) is 0 Å². The number of carboxylic acids is 1. The Kier molecular flexibility index (Phi) is 4.18. The van der Waals surface area contributed by atoms with Crippen LogP contribution in [0.4, 0.5) is 0 Å². The molecule has 0 heterocycles. The lowest BCUT2D eigenvalue weighted by Gasteiger charge is -2.03. The zero-order chi connectivity index (χ0) is 9.72. The minimum Gasteiger partial charge on any atom is -0.508 e. The molecule has 0 aromatic carbocycles. The highest BCUT2D eigenvalue weighted by atomic mass is 16.4. The Hall–Kier alpha value is -1.19. The van der Waals surface area contributed by atoms with Gasteiger partial charge in [-0.05, 0) is 12.3 Å². The number of rotatable bonds is 4. The SMILES string of the molecule is CC(C)CC/C(O)=C(/O)C(=O)O. The summed E-state index contributed by atoms with van der Waals surface area (Å²) in [5.41, 5.74) is 0. The average molecular weight is 174 g/mol. The van der Waals surface area contributed by atoms with Gasteiger partial charge in [0.1, 0.15) is 5.76 Å². The van der Waals surface area contributed by atoms with Gasteiger partial charge in [0, 0.05) is 6.42 Å². The maximum absolute atomic E-state index is 10.1. The smallest absolute Gasteiger partial charge is 0.374 e. The van der Waals surface area contributed by atoms with Crippen molar-refractivity contribution in [2.24, 2.45) is 5.92 Å². The molecule has 0 saturated heterocycles. The molecule has 0 aliphatic rings. The van der Waals surface area contributed by atoms with Gasteiger partial charge >= 0.3 is 5.97 Å². The van der Waals surface area contributed by atoms with Crippen molar-refractivity contribution in [3.8, 4) is 0 Å². The Morgan fingerprint density at radius 3 is 2.08 bits per heavy atom. The van der Waals surface area contributed by atoms with E-state index in [-0.39, 0.29) is 6.42 Å². The lowest BCUT2D eigenvalue weighted by Crippen LogP contribution is -2.04. The summed E-state index contributed by atoms with van der Waals surface area (Å²) in [4.78, 5) is 10.1. The predicted octanol–water partition coefficient (Wildman–Crippen LogP) is 1.83. The summed E-state index contributed by atoms with van der Waals surface area (Å²) in [5.74, 6) is -2.52. The minimum atomic E-state index is -1.49. The van der Waals surface area contributed by atoms with Crippen molar-refractivity contribution in [2.75, 3.05) is 0 Å². The van der Waals surface area contributed by atoms with E-state index in [0.29, 0.717) is 12.3 Å². The topological polar surface area (TPSA) is 77.8 Å². The van der Waals surface area contributed by atoms with Gasteiger partial charge in [-0.1, -0.05) is 13.8 Å². The van der Waals surface area contributed by atoms with Crippen LogP contribution < -0.4 is 0 Å². The van der Waals surface area contributed by atoms with Gasteiger partial charge in [0.25, 0.3) is 0 Å². The molecule has 0 rings (SSSR count). The summed E-state index contributed by atoms with van der Waals surface area (Å²) in [6, 6.07) is 0. The second-order valence-electron chi connectivity index (χ2n) is 3.03. The molecule has 0 aliphatic heterocycles. The fourth-order valence-electron chi connectivity index (χ4n) is 0.667. The summed E-state index contributed by atoms with van der Waals surface area (Å²) < 4.78 is 0. The van der Waals surface area contributed by atoms with Gasteiger partial charge < -0.3 is 15.3 Å². The van der Waals surface area contributed by atoms with Crippen LogP contribution in [0.15, 0.2) is 11.5 Å². The predicted molar refractivity (Wildman–Crippen MR) is 44.0 cm³/mol. The molecular weight excluding hydrogens is 160 g/mol. The van der Waals surface area contributed by atoms with Crippen molar-refractivity contribution in [1.82, 2.24) is 0 Å². The molecule has 0 bridgehead atoms. The summed E-state index contributed by atoms with van der Waals surface area (Å²) in [6.45, 7) is 3.90. The largest absolute Gasteiger partial charge is 0.508 e. The molecule has 0 saturated carbocycles. The van der Waals surface area contributed by atoms with Crippen LogP contribution in [0.2, 0.25) is 0 Å². The Labute approximate surface area is 71.1 Å².